The molecule has 2 nitrogen and oxygen atoms in total. The van der Waals surface area contributed by atoms with Gasteiger partial charge in [-0.1, -0.05) is 35.3 Å². The van der Waals surface area contributed by atoms with Crippen LogP contribution in [0, 0.1) is 0 Å². The molecule has 76 valence electrons. The van der Waals surface area contributed by atoms with Crippen molar-refractivity contribution in [2.24, 2.45) is 0 Å². The molecule has 0 radical (unpaired) electrons. The van der Waals surface area contributed by atoms with Gasteiger partial charge in [0.1, 0.15) is 0 Å². The number of nitrogens with zero attached hydrogens (tertiary/aromatic N) is 2. The summed E-state index contributed by atoms with van der Waals surface area (Å²) in [5.74, 6) is 0. The van der Waals surface area contributed by atoms with Crippen molar-refractivity contribution in [3.05, 3.63) is 45.8 Å². The summed E-state index contributed by atoms with van der Waals surface area (Å²) in [4.78, 5) is 7.83. The maximum Gasteiger partial charge on any atom is 0.222 e. The standard InChI is InChI=1S/C10H5Cl3N2/c11-7-3-1-6(2-4-7)9-8(12)5-14-10(13)15-9/h1-5H. The minimum Gasteiger partial charge on any atom is -0.225 e. The number of halogens is 3. The molecule has 0 N–H and O–H groups in total. The van der Waals surface area contributed by atoms with Crippen LogP contribution in [-0.2, 0) is 0 Å². The zero-order valence-corrected chi connectivity index (χ0v) is 9.68. The highest BCUT2D eigenvalue weighted by Crippen LogP contribution is 2.26. The van der Waals surface area contributed by atoms with Crippen LogP contribution in [0.2, 0.25) is 15.3 Å². The van der Waals surface area contributed by atoms with Gasteiger partial charge in [-0.2, -0.15) is 0 Å². The highest BCUT2D eigenvalue weighted by Gasteiger charge is 2.06. The van der Waals surface area contributed by atoms with Crippen molar-refractivity contribution < 1.29 is 0 Å². The highest BCUT2D eigenvalue weighted by molar-refractivity contribution is 6.33. The zero-order chi connectivity index (χ0) is 10.8. The van der Waals surface area contributed by atoms with E-state index in [1.54, 1.807) is 12.1 Å². The van der Waals surface area contributed by atoms with Gasteiger partial charge in [-0.15, -0.1) is 0 Å². The molecule has 0 fully saturated rings. The summed E-state index contributed by atoms with van der Waals surface area (Å²) < 4.78 is 0. The van der Waals surface area contributed by atoms with E-state index in [2.05, 4.69) is 9.97 Å². The van der Waals surface area contributed by atoms with Crippen LogP contribution < -0.4 is 0 Å². The lowest BCUT2D eigenvalue weighted by atomic mass is 10.1. The van der Waals surface area contributed by atoms with Gasteiger partial charge in [-0.3, -0.25) is 0 Å². The third-order valence-corrected chi connectivity index (χ3v) is 2.54. The average molecular weight is 260 g/mol. The maximum atomic E-state index is 5.95. The van der Waals surface area contributed by atoms with Crippen molar-refractivity contribution in [1.29, 1.82) is 0 Å². The van der Waals surface area contributed by atoms with E-state index in [4.69, 9.17) is 34.8 Å². The first-order valence-electron chi connectivity index (χ1n) is 4.11. The third kappa shape index (κ3) is 2.40. The van der Waals surface area contributed by atoms with Crippen molar-refractivity contribution >= 4 is 34.8 Å². The van der Waals surface area contributed by atoms with Crippen LogP contribution >= 0.6 is 34.8 Å². The van der Waals surface area contributed by atoms with Crippen LogP contribution in [0.25, 0.3) is 11.3 Å². The van der Waals surface area contributed by atoms with E-state index in [1.165, 1.54) is 6.20 Å². The molecule has 0 amide bonds. The molecule has 5 heteroatoms. The molecular weight excluding hydrogens is 254 g/mol. The van der Waals surface area contributed by atoms with E-state index in [0.717, 1.165) is 5.56 Å². The van der Waals surface area contributed by atoms with Gasteiger partial charge in [0.05, 0.1) is 16.9 Å². The Bertz CT molecular complexity index is 483. The lowest BCUT2D eigenvalue weighted by Gasteiger charge is -2.03. The number of rotatable bonds is 1. The number of benzene rings is 1. The van der Waals surface area contributed by atoms with Crippen LogP contribution in [0.15, 0.2) is 30.5 Å². The molecule has 0 aliphatic carbocycles. The molecule has 15 heavy (non-hydrogen) atoms. The van der Waals surface area contributed by atoms with Gasteiger partial charge in [-0.05, 0) is 23.7 Å². The maximum absolute atomic E-state index is 5.95. The van der Waals surface area contributed by atoms with E-state index in [9.17, 15) is 0 Å². The highest BCUT2D eigenvalue weighted by atomic mass is 35.5. The largest absolute Gasteiger partial charge is 0.225 e. The third-order valence-electron chi connectivity index (χ3n) is 1.83. The van der Waals surface area contributed by atoms with Crippen LogP contribution in [0.1, 0.15) is 0 Å². The van der Waals surface area contributed by atoms with Crippen LogP contribution in [0.3, 0.4) is 0 Å². The second-order valence-electron chi connectivity index (χ2n) is 2.84. The molecular formula is C10H5Cl3N2. The molecule has 0 aliphatic heterocycles. The first kappa shape index (κ1) is 10.7. The van der Waals surface area contributed by atoms with Gasteiger partial charge in [0, 0.05) is 10.6 Å². The van der Waals surface area contributed by atoms with Crippen molar-refractivity contribution in [2.45, 2.75) is 0 Å². The molecule has 2 aromatic rings. The number of aromatic nitrogens is 2. The van der Waals surface area contributed by atoms with Gasteiger partial charge >= 0.3 is 0 Å². The van der Waals surface area contributed by atoms with Crippen molar-refractivity contribution in [2.75, 3.05) is 0 Å². The summed E-state index contributed by atoms with van der Waals surface area (Å²) >= 11 is 17.4. The molecule has 0 bridgehead atoms. The normalized spacial score (nSPS) is 10.3. The SMILES string of the molecule is Clc1ccc(-c2nc(Cl)ncc2Cl)cc1. The second kappa shape index (κ2) is 4.35. The Kier molecular flexibility index (Phi) is 3.10. The molecule has 0 atom stereocenters. The summed E-state index contributed by atoms with van der Waals surface area (Å²) in [6, 6.07) is 7.19. The molecule has 2 rings (SSSR count). The zero-order valence-electron chi connectivity index (χ0n) is 7.42. The Morgan fingerprint density at radius 1 is 0.933 bits per heavy atom. The Hall–Kier alpha value is -0.830. The smallest absolute Gasteiger partial charge is 0.222 e. The average Bonchev–Trinajstić information content (AvgIpc) is 2.23. The van der Waals surface area contributed by atoms with Gasteiger partial charge in [0.25, 0.3) is 0 Å². The van der Waals surface area contributed by atoms with Gasteiger partial charge < -0.3 is 0 Å². The van der Waals surface area contributed by atoms with E-state index in [1.807, 2.05) is 12.1 Å². The first-order chi connectivity index (χ1) is 7.16. The Morgan fingerprint density at radius 3 is 2.27 bits per heavy atom. The lowest BCUT2D eigenvalue weighted by Crippen LogP contribution is -1.88. The fourth-order valence-electron chi connectivity index (χ4n) is 1.16. The van der Waals surface area contributed by atoms with Gasteiger partial charge in [0.2, 0.25) is 5.28 Å². The lowest BCUT2D eigenvalue weighted by molar-refractivity contribution is 1.17. The Balaban J connectivity index is 2.53. The minimum atomic E-state index is 0.171. The topological polar surface area (TPSA) is 25.8 Å². The van der Waals surface area contributed by atoms with Crippen LogP contribution in [-0.4, -0.2) is 9.97 Å². The second-order valence-corrected chi connectivity index (χ2v) is 4.02. The number of hydrogen-bond donors (Lipinski definition) is 0. The molecule has 1 aromatic carbocycles. The fraction of sp³-hybridized carbons (Fsp3) is 0. The number of hydrogen-bond acceptors (Lipinski definition) is 2. The van der Waals surface area contributed by atoms with Crippen molar-refractivity contribution in [3.63, 3.8) is 0 Å². The summed E-state index contributed by atoms with van der Waals surface area (Å²) in [6.07, 6.45) is 1.47. The first-order valence-corrected chi connectivity index (χ1v) is 5.24. The predicted octanol–water partition coefficient (Wildman–Crippen LogP) is 4.10. The van der Waals surface area contributed by atoms with E-state index in [-0.39, 0.29) is 5.28 Å². The molecule has 0 saturated heterocycles. The van der Waals surface area contributed by atoms with E-state index >= 15 is 0 Å². The van der Waals surface area contributed by atoms with Gasteiger partial charge in [0.15, 0.2) is 0 Å². The van der Waals surface area contributed by atoms with Crippen LogP contribution in [0.5, 0.6) is 0 Å². The van der Waals surface area contributed by atoms with Crippen molar-refractivity contribution in [3.8, 4) is 11.3 Å². The summed E-state index contributed by atoms with van der Waals surface area (Å²) in [5, 5.41) is 1.29. The van der Waals surface area contributed by atoms with E-state index < -0.39 is 0 Å². The predicted molar refractivity (Wildman–Crippen MR) is 62.5 cm³/mol. The Labute approximate surface area is 102 Å². The fourth-order valence-corrected chi connectivity index (χ4v) is 1.62. The minimum absolute atomic E-state index is 0.171. The van der Waals surface area contributed by atoms with E-state index in [0.29, 0.717) is 15.7 Å². The summed E-state index contributed by atoms with van der Waals surface area (Å²) in [7, 11) is 0. The summed E-state index contributed by atoms with van der Waals surface area (Å²) in [6.45, 7) is 0. The van der Waals surface area contributed by atoms with Crippen molar-refractivity contribution in [1.82, 2.24) is 9.97 Å². The monoisotopic (exact) mass is 258 g/mol. The van der Waals surface area contributed by atoms with Crippen LogP contribution in [0.4, 0.5) is 0 Å². The molecule has 0 aliphatic rings. The quantitative estimate of drug-likeness (QED) is 0.721. The van der Waals surface area contributed by atoms with Gasteiger partial charge in [-0.25, -0.2) is 9.97 Å². The molecule has 0 spiro atoms. The molecule has 0 saturated carbocycles. The Morgan fingerprint density at radius 2 is 1.60 bits per heavy atom. The molecule has 1 aromatic heterocycles. The molecule has 1 heterocycles. The summed E-state index contributed by atoms with van der Waals surface area (Å²) in [5.41, 5.74) is 1.46. The molecule has 0 unspecified atom stereocenters.